The summed E-state index contributed by atoms with van der Waals surface area (Å²) in [6.45, 7) is 0.445. The van der Waals surface area contributed by atoms with Crippen LogP contribution in [0.1, 0.15) is 18.4 Å². The van der Waals surface area contributed by atoms with Gasteiger partial charge in [-0.2, -0.15) is 0 Å². The summed E-state index contributed by atoms with van der Waals surface area (Å²) in [5.74, 6) is -2.00. The fourth-order valence-corrected chi connectivity index (χ4v) is 1.85. The number of hydrogen-bond acceptors (Lipinski definition) is 2. The van der Waals surface area contributed by atoms with Crippen LogP contribution in [0.15, 0.2) is 18.2 Å². The summed E-state index contributed by atoms with van der Waals surface area (Å²) in [6, 6.07) is 4.42. The highest BCUT2D eigenvalue weighted by atomic mass is 35.5. The lowest BCUT2D eigenvalue weighted by Crippen LogP contribution is -2.18. The largest absolute Gasteiger partial charge is 0.481 e. The van der Waals surface area contributed by atoms with Crippen LogP contribution >= 0.6 is 11.6 Å². The molecule has 0 aliphatic heterocycles. The topological polar surface area (TPSA) is 63.3 Å². The molecule has 0 aliphatic rings. The van der Waals surface area contributed by atoms with Gasteiger partial charge in [0.25, 0.3) is 0 Å². The zero-order valence-electron chi connectivity index (χ0n) is 9.33. The molecule has 0 radical (unpaired) electrons. The van der Waals surface area contributed by atoms with Gasteiger partial charge in [-0.25, -0.2) is 4.39 Å². The molecular formula is C12H15ClFNO2. The summed E-state index contributed by atoms with van der Waals surface area (Å²) < 4.78 is 13.2. The Hall–Kier alpha value is -1.13. The minimum absolute atomic E-state index is 0.00602. The number of benzene rings is 1. The van der Waals surface area contributed by atoms with Gasteiger partial charge in [0.15, 0.2) is 0 Å². The Labute approximate surface area is 104 Å². The van der Waals surface area contributed by atoms with Gasteiger partial charge in [0.05, 0.1) is 10.9 Å². The normalized spacial score (nSPS) is 12.4. The van der Waals surface area contributed by atoms with Crippen LogP contribution in [0.4, 0.5) is 4.39 Å². The van der Waals surface area contributed by atoms with Gasteiger partial charge in [-0.3, -0.25) is 4.79 Å². The molecule has 1 aromatic carbocycles. The molecule has 0 fully saturated rings. The summed E-state index contributed by atoms with van der Waals surface area (Å²) in [5.41, 5.74) is 5.87. The first kappa shape index (κ1) is 13.9. The van der Waals surface area contributed by atoms with E-state index in [-0.39, 0.29) is 11.4 Å². The molecule has 3 N–H and O–H groups in total. The number of halogens is 2. The van der Waals surface area contributed by atoms with E-state index in [0.29, 0.717) is 24.9 Å². The predicted octanol–water partition coefficient (Wildman–Crippen LogP) is 2.46. The molecule has 5 heteroatoms. The van der Waals surface area contributed by atoms with Gasteiger partial charge in [0.2, 0.25) is 0 Å². The molecule has 0 saturated carbocycles. The monoisotopic (exact) mass is 259 g/mol. The molecule has 94 valence electrons. The summed E-state index contributed by atoms with van der Waals surface area (Å²) in [4.78, 5) is 11.0. The second-order valence-corrected chi connectivity index (χ2v) is 4.26. The van der Waals surface area contributed by atoms with E-state index in [9.17, 15) is 9.18 Å². The lowest BCUT2D eigenvalue weighted by molar-refractivity contribution is -0.141. The van der Waals surface area contributed by atoms with E-state index >= 15 is 0 Å². The van der Waals surface area contributed by atoms with Gasteiger partial charge >= 0.3 is 5.97 Å². The van der Waals surface area contributed by atoms with Crippen molar-refractivity contribution in [2.24, 2.45) is 11.7 Å². The number of carboxylic acid groups (broad SMARTS) is 1. The fraction of sp³-hybridized carbons (Fsp3) is 0.417. The molecule has 0 aromatic heterocycles. The van der Waals surface area contributed by atoms with Crippen LogP contribution in [-0.4, -0.2) is 17.6 Å². The van der Waals surface area contributed by atoms with Crippen molar-refractivity contribution in [1.29, 1.82) is 0 Å². The number of carbonyl (C=O) groups is 1. The van der Waals surface area contributed by atoms with Crippen molar-refractivity contribution in [2.45, 2.75) is 19.3 Å². The van der Waals surface area contributed by atoms with Gasteiger partial charge in [-0.05, 0) is 37.4 Å². The van der Waals surface area contributed by atoms with Gasteiger partial charge in [-0.15, -0.1) is 0 Å². The van der Waals surface area contributed by atoms with E-state index in [1.807, 2.05) is 0 Å². The molecule has 0 amide bonds. The van der Waals surface area contributed by atoms with Crippen molar-refractivity contribution in [3.05, 3.63) is 34.6 Å². The Morgan fingerprint density at radius 3 is 2.82 bits per heavy atom. The lowest BCUT2D eigenvalue weighted by Gasteiger charge is -2.13. The van der Waals surface area contributed by atoms with Crippen LogP contribution in [-0.2, 0) is 11.2 Å². The summed E-state index contributed by atoms with van der Waals surface area (Å²) in [5, 5.41) is 9.05. The Bertz CT molecular complexity index is 398. The fourth-order valence-electron chi connectivity index (χ4n) is 1.65. The van der Waals surface area contributed by atoms with Crippen LogP contribution in [0.5, 0.6) is 0 Å². The first-order chi connectivity index (χ1) is 8.06. The minimum atomic E-state index is -0.904. The van der Waals surface area contributed by atoms with E-state index < -0.39 is 17.7 Å². The quantitative estimate of drug-likeness (QED) is 0.825. The first-order valence-electron chi connectivity index (χ1n) is 5.42. The van der Waals surface area contributed by atoms with Gasteiger partial charge in [0.1, 0.15) is 5.82 Å². The highest BCUT2D eigenvalue weighted by Crippen LogP contribution is 2.24. The van der Waals surface area contributed by atoms with Crippen LogP contribution in [0.3, 0.4) is 0 Å². The first-order valence-corrected chi connectivity index (χ1v) is 5.79. The number of nitrogens with two attached hydrogens (primary N) is 1. The van der Waals surface area contributed by atoms with Crippen molar-refractivity contribution in [3.63, 3.8) is 0 Å². The molecule has 0 aliphatic carbocycles. The number of hydrogen-bond donors (Lipinski definition) is 2. The number of rotatable bonds is 6. The molecule has 1 rings (SSSR count). The van der Waals surface area contributed by atoms with Gasteiger partial charge in [0, 0.05) is 0 Å². The third kappa shape index (κ3) is 3.98. The van der Waals surface area contributed by atoms with Crippen molar-refractivity contribution in [3.8, 4) is 0 Å². The Balaban J connectivity index is 2.78. The SMILES string of the molecule is NCCCC(Cc1cccc(F)c1Cl)C(=O)O. The van der Waals surface area contributed by atoms with Gasteiger partial charge < -0.3 is 10.8 Å². The van der Waals surface area contributed by atoms with Crippen LogP contribution in [0.25, 0.3) is 0 Å². The highest BCUT2D eigenvalue weighted by Gasteiger charge is 2.19. The third-order valence-corrected chi connectivity index (χ3v) is 3.03. The maximum atomic E-state index is 13.2. The van der Waals surface area contributed by atoms with Crippen molar-refractivity contribution >= 4 is 17.6 Å². The Morgan fingerprint density at radius 2 is 2.24 bits per heavy atom. The Kier molecular flexibility index (Phi) is 5.38. The molecule has 1 aromatic rings. The third-order valence-electron chi connectivity index (χ3n) is 2.60. The molecule has 3 nitrogen and oxygen atoms in total. The molecule has 0 spiro atoms. The van der Waals surface area contributed by atoms with E-state index in [4.69, 9.17) is 22.4 Å². The minimum Gasteiger partial charge on any atom is -0.481 e. The zero-order chi connectivity index (χ0) is 12.8. The van der Waals surface area contributed by atoms with E-state index in [2.05, 4.69) is 0 Å². The zero-order valence-corrected chi connectivity index (χ0v) is 10.1. The number of carboxylic acids is 1. The van der Waals surface area contributed by atoms with Crippen molar-refractivity contribution < 1.29 is 14.3 Å². The molecule has 17 heavy (non-hydrogen) atoms. The van der Waals surface area contributed by atoms with Crippen LogP contribution in [0, 0.1) is 11.7 Å². The molecule has 1 unspecified atom stereocenters. The van der Waals surface area contributed by atoms with Crippen molar-refractivity contribution in [2.75, 3.05) is 6.54 Å². The maximum Gasteiger partial charge on any atom is 0.306 e. The molecule has 0 heterocycles. The predicted molar refractivity (Wildman–Crippen MR) is 64.5 cm³/mol. The van der Waals surface area contributed by atoms with Crippen LogP contribution < -0.4 is 5.73 Å². The Morgan fingerprint density at radius 1 is 1.53 bits per heavy atom. The van der Waals surface area contributed by atoms with Crippen molar-refractivity contribution in [1.82, 2.24) is 0 Å². The standard InChI is InChI=1S/C12H15ClFNO2/c13-11-8(3-1-5-10(11)14)7-9(12(16)17)4-2-6-15/h1,3,5,9H,2,4,6-7,15H2,(H,16,17). The maximum absolute atomic E-state index is 13.2. The average molecular weight is 260 g/mol. The number of aliphatic carboxylic acids is 1. The molecule has 0 bridgehead atoms. The summed E-state index contributed by atoms with van der Waals surface area (Å²) in [7, 11) is 0. The second-order valence-electron chi connectivity index (χ2n) is 3.88. The van der Waals surface area contributed by atoms with Gasteiger partial charge in [-0.1, -0.05) is 23.7 Å². The van der Waals surface area contributed by atoms with E-state index in [1.165, 1.54) is 12.1 Å². The molecule has 0 saturated heterocycles. The van der Waals surface area contributed by atoms with Crippen LogP contribution in [0.2, 0.25) is 5.02 Å². The highest BCUT2D eigenvalue weighted by molar-refractivity contribution is 6.31. The summed E-state index contributed by atoms with van der Waals surface area (Å²) >= 11 is 5.78. The molecular weight excluding hydrogens is 245 g/mol. The van der Waals surface area contributed by atoms with E-state index in [1.54, 1.807) is 6.07 Å². The summed E-state index contributed by atoms with van der Waals surface area (Å²) in [6.07, 6.45) is 1.33. The average Bonchev–Trinajstić information content (AvgIpc) is 2.29. The van der Waals surface area contributed by atoms with E-state index in [0.717, 1.165) is 0 Å². The second kappa shape index (κ2) is 6.57. The lowest BCUT2D eigenvalue weighted by atomic mass is 9.95. The smallest absolute Gasteiger partial charge is 0.306 e. The molecule has 1 atom stereocenters.